The van der Waals surface area contributed by atoms with Crippen LogP contribution in [0.15, 0.2) is 82.2 Å². The summed E-state index contributed by atoms with van der Waals surface area (Å²) in [4.78, 5) is 30.2. The zero-order chi connectivity index (χ0) is 19.5. The highest BCUT2D eigenvalue weighted by atomic mass is 16.3. The Labute approximate surface area is 162 Å². The van der Waals surface area contributed by atoms with Crippen molar-refractivity contribution in [1.82, 2.24) is 9.88 Å². The van der Waals surface area contributed by atoms with E-state index in [4.69, 9.17) is 4.42 Å². The van der Waals surface area contributed by atoms with E-state index in [0.717, 1.165) is 16.5 Å². The molecule has 0 aliphatic carbocycles. The van der Waals surface area contributed by atoms with Gasteiger partial charge >= 0.3 is 0 Å². The molecule has 0 spiro atoms. The maximum Gasteiger partial charge on any atom is 0.254 e. The maximum atomic E-state index is 13.1. The van der Waals surface area contributed by atoms with Crippen LogP contribution in [0.4, 0.5) is 0 Å². The van der Waals surface area contributed by atoms with Crippen molar-refractivity contribution in [2.75, 3.05) is 0 Å². The molecule has 4 rings (SSSR count). The lowest BCUT2D eigenvalue weighted by molar-refractivity contribution is 0.0717. The Hall–Kier alpha value is -3.60. The smallest absolute Gasteiger partial charge is 0.254 e. The van der Waals surface area contributed by atoms with Gasteiger partial charge in [-0.3, -0.25) is 9.59 Å². The maximum absolute atomic E-state index is 13.1. The fourth-order valence-corrected chi connectivity index (χ4v) is 3.24. The molecule has 5 nitrogen and oxygen atoms in total. The quantitative estimate of drug-likeness (QED) is 0.569. The lowest BCUT2D eigenvalue weighted by atomic mass is 10.1. The molecule has 2 aromatic heterocycles. The highest BCUT2D eigenvalue weighted by molar-refractivity contribution is 5.94. The van der Waals surface area contributed by atoms with Crippen LogP contribution in [0.25, 0.3) is 10.9 Å². The summed E-state index contributed by atoms with van der Waals surface area (Å²) >= 11 is 0. The summed E-state index contributed by atoms with van der Waals surface area (Å²) in [7, 11) is 0. The summed E-state index contributed by atoms with van der Waals surface area (Å²) in [6, 6.07) is 20.4. The molecule has 28 heavy (non-hydrogen) atoms. The standard InChI is InChI=1S/C23H20N2O3/c1-16-9-10-18-13-19(22(26)24-21(18)12-16)14-25(15-20-8-5-11-28-20)23(27)17-6-3-2-4-7-17/h2-13H,14-15H2,1H3,(H,24,26). The molecule has 5 heteroatoms. The van der Waals surface area contributed by atoms with Gasteiger partial charge < -0.3 is 14.3 Å². The molecular weight excluding hydrogens is 352 g/mol. The van der Waals surface area contributed by atoms with Gasteiger partial charge in [-0.25, -0.2) is 0 Å². The molecule has 0 aliphatic heterocycles. The van der Waals surface area contributed by atoms with E-state index in [1.54, 1.807) is 29.4 Å². The molecule has 0 saturated carbocycles. The Morgan fingerprint density at radius 3 is 2.57 bits per heavy atom. The van der Waals surface area contributed by atoms with E-state index in [-0.39, 0.29) is 24.6 Å². The fraction of sp³-hybridized carbons (Fsp3) is 0.130. The number of carbonyl (C=O) groups excluding carboxylic acids is 1. The number of nitrogens with zero attached hydrogens (tertiary/aromatic N) is 1. The van der Waals surface area contributed by atoms with E-state index in [1.807, 2.05) is 55.5 Å². The molecule has 0 unspecified atom stereocenters. The number of rotatable bonds is 5. The number of aromatic amines is 1. The molecular formula is C23H20N2O3. The van der Waals surface area contributed by atoms with Gasteiger partial charge in [0.2, 0.25) is 0 Å². The molecule has 1 N–H and O–H groups in total. The van der Waals surface area contributed by atoms with Crippen LogP contribution in [0.3, 0.4) is 0 Å². The van der Waals surface area contributed by atoms with Crippen LogP contribution in [0, 0.1) is 6.92 Å². The lowest BCUT2D eigenvalue weighted by Crippen LogP contribution is -2.32. The number of hydrogen-bond acceptors (Lipinski definition) is 3. The largest absolute Gasteiger partial charge is 0.467 e. The number of carbonyl (C=O) groups is 1. The summed E-state index contributed by atoms with van der Waals surface area (Å²) in [6.07, 6.45) is 1.58. The summed E-state index contributed by atoms with van der Waals surface area (Å²) in [5, 5.41) is 0.935. The van der Waals surface area contributed by atoms with Gasteiger partial charge in [0.1, 0.15) is 5.76 Å². The number of fused-ring (bicyclic) bond motifs is 1. The number of benzene rings is 2. The minimum atomic E-state index is -0.191. The number of furan rings is 1. The second-order valence-electron chi connectivity index (χ2n) is 6.82. The van der Waals surface area contributed by atoms with Gasteiger partial charge in [-0.05, 0) is 54.3 Å². The van der Waals surface area contributed by atoms with E-state index >= 15 is 0 Å². The fourth-order valence-electron chi connectivity index (χ4n) is 3.24. The number of nitrogens with one attached hydrogen (secondary N) is 1. The molecule has 140 valence electrons. The first kappa shape index (κ1) is 17.8. The van der Waals surface area contributed by atoms with Crippen LogP contribution in [0.2, 0.25) is 0 Å². The topological polar surface area (TPSA) is 66.3 Å². The van der Waals surface area contributed by atoms with Gasteiger partial charge in [-0.2, -0.15) is 0 Å². The Morgan fingerprint density at radius 1 is 1.00 bits per heavy atom. The zero-order valence-corrected chi connectivity index (χ0v) is 15.5. The summed E-state index contributed by atoms with van der Waals surface area (Å²) < 4.78 is 5.42. The number of amides is 1. The molecule has 0 radical (unpaired) electrons. The van der Waals surface area contributed by atoms with Crippen LogP contribution in [-0.2, 0) is 13.1 Å². The van der Waals surface area contributed by atoms with Crippen LogP contribution >= 0.6 is 0 Å². The number of hydrogen-bond donors (Lipinski definition) is 1. The average molecular weight is 372 g/mol. The van der Waals surface area contributed by atoms with Crippen molar-refractivity contribution in [3.05, 3.63) is 106 Å². The SMILES string of the molecule is Cc1ccc2cc(CN(Cc3ccco3)C(=O)c3ccccc3)c(=O)[nH]c2c1. The predicted molar refractivity (Wildman–Crippen MR) is 108 cm³/mol. The molecule has 4 aromatic rings. The van der Waals surface area contributed by atoms with Gasteiger partial charge in [0.15, 0.2) is 0 Å². The van der Waals surface area contributed by atoms with Crippen molar-refractivity contribution in [3.8, 4) is 0 Å². The van der Waals surface area contributed by atoms with E-state index in [2.05, 4.69) is 4.98 Å². The first-order chi connectivity index (χ1) is 13.6. The van der Waals surface area contributed by atoms with Crippen molar-refractivity contribution in [2.24, 2.45) is 0 Å². The molecule has 0 atom stereocenters. The Bertz CT molecular complexity index is 1160. The van der Waals surface area contributed by atoms with Crippen LogP contribution in [-0.4, -0.2) is 15.8 Å². The van der Waals surface area contributed by atoms with Crippen LogP contribution < -0.4 is 5.56 Å². The van der Waals surface area contributed by atoms with Gasteiger partial charge in [0, 0.05) is 16.6 Å². The van der Waals surface area contributed by atoms with Crippen LogP contribution in [0.1, 0.15) is 27.2 Å². The number of pyridine rings is 1. The van der Waals surface area contributed by atoms with Gasteiger partial charge in [-0.1, -0.05) is 30.3 Å². The van der Waals surface area contributed by atoms with Gasteiger partial charge in [0.25, 0.3) is 11.5 Å². The first-order valence-electron chi connectivity index (χ1n) is 9.09. The summed E-state index contributed by atoms with van der Waals surface area (Å²) in [5.74, 6) is 0.512. The first-order valence-corrected chi connectivity index (χ1v) is 9.09. The third kappa shape index (κ3) is 3.74. The zero-order valence-electron chi connectivity index (χ0n) is 15.5. The summed E-state index contributed by atoms with van der Waals surface area (Å²) in [5.41, 5.74) is 2.79. The molecule has 0 bridgehead atoms. The van der Waals surface area contributed by atoms with E-state index in [0.29, 0.717) is 16.9 Å². The van der Waals surface area contributed by atoms with E-state index in [1.165, 1.54) is 0 Å². The van der Waals surface area contributed by atoms with E-state index < -0.39 is 0 Å². The molecule has 0 aliphatic rings. The Kier molecular flexibility index (Phi) is 4.81. The highest BCUT2D eigenvalue weighted by Crippen LogP contribution is 2.17. The highest BCUT2D eigenvalue weighted by Gasteiger charge is 2.19. The number of aromatic nitrogens is 1. The summed E-state index contributed by atoms with van der Waals surface area (Å²) in [6.45, 7) is 2.45. The Morgan fingerprint density at radius 2 is 1.82 bits per heavy atom. The average Bonchev–Trinajstić information content (AvgIpc) is 3.21. The van der Waals surface area contributed by atoms with Crippen molar-refractivity contribution >= 4 is 16.8 Å². The second kappa shape index (κ2) is 7.56. The van der Waals surface area contributed by atoms with E-state index in [9.17, 15) is 9.59 Å². The minimum Gasteiger partial charge on any atom is -0.467 e. The normalized spacial score (nSPS) is 10.9. The van der Waals surface area contributed by atoms with Crippen molar-refractivity contribution in [3.63, 3.8) is 0 Å². The minimum absolute atomic E-state index is 0.152. The number of H-pyrrole nitrogens is 1. The van der Waals surface area contributed by atoms with Crippen molar-refractivity contribution in [2.45, 2.75) is 20.0 Å². The number of aryl methyl sites for hydroxylation is 1. The van der Waals surface area contributed by atoms with Gasteiger partial charge in [-0.15, -0.1) is 0 Å². The Balaban J connectivity index is 1.70. The van der Waals surface area contributed by atoms with Crippen molar-refractivity contribution < 1.29 is 9.21 Å². The third-order valence-corrected chi connectivity index (χ3v) is 4.67. The third-order valence-electron chi connectivity index (χ3n) is 4.67. The molecule has 1 amide bonds. The molecule has 0 saturated heterocycles. The van der Waals surface area contributed by atoms with Crippen LogP contribution in [0.5, 0.6) is 0 Å². The molecule has 2 heterocycles. The van der Waals surface area contributed by atoms with Gasteiger partial charge in [0.05, 0.1) is 19.4 Å². The monoisotopic (exact) mass is 372 g/mol. The molecule has 0 fully saturated rings. The lowest BCUT2D eigenvalue weighted by Gasteiger charge is -2.22. The molecule has 2 aromatic carbocycles. The predicted octanol–water partition coefficient (Wildman–Crippen LogP) is 4.27. The van der Waals surface area contributed by atoms with Crippen molar-refractivity contribution in [1.29, 1.82) is 0 Å². The second-order valence-corrected chi connectivity index (χ2v) is 6.82.